The van der Waals surface area contributed by atoms with Gasteiger partial charge in [-0.2, -0.15) is 0 Å². The number of carbonyl (C=O) groups is 1. The van der Waals surface area contributed by atoms with Crippen molar-refractivity contribution in [2.75, 3.05) is 0 Å². The summed E-state index contributed by atoms with van der Waals surface area (Å²) in [6.45, 7) is 7.13. The van der Waals surface area contributed by atoms with Crippen molar-refractivity contribution in [1.82, 2.24) is 0 Å². The van der Waals surface area contributed by atoms with Crippen LogP contribution in [0.25, 0.3) is 0 Å². The fourth-order valence-corrected chi connectivity index (χ4v) is 7.64. The van der Waals surface area contributed by atoms with Crippen LogP contribution in [0.5, 0.6) is 0 Å². The van der Waals surface area contributed by atoms with Crippen molar-refractivity contribution in [2.45, 2.75) is 78.2 Å². The van der Waals surface area contributed by atoms with E-state index < -0.39 is 0 Å². The third-order valence-electron chi connectivity index (χ3n) is 9.00. The lowest BCUT2D eigenvalue weighted by molar-refractivity contribution is -0.115. The molecule has 4 aliphatic carbocycles. The number of fused-ring (bicyclic) bond motifs is 5. The highest BCUT2D eigenvalue weighted by Gasteiger charge is 2.59. The molecular formula is C22H34O2. The van der Waals surface area contributed by atoms with Crippen molar-refractivity contribution in [3.63, 3.8) is 0 Å². The van der Waals surface area contributed by atoms with Crippen LogP contribution in [0, 0.1) is 40.4 Å². The van der Waals surface area contributed by atoms with Crippen molar-refractivity contribution in [3.05, 3.63) is 11.6 Å². The number of aliphatic hydroxyl groups excluding tert-OH is 1. The Morgan fingerprint density at radius 1 is 1.17 bits per heavy atom. The summed E-state index contributed by atoms with van der Waals surface area (Å²) in [7, 11) is 0. The minimum absolute atomic E-state index is 0.112. The van der Waals surface area contributed by atoms with Gasteiger partial charge in [0.1, 0.15) is 6.29 Å². The molecule has 0 aromatic heterocycles. The number of allylic oxidation sites excluding steroid dienone is 1. The summed E-state index contributed by atoms with van der Waals surface area (Å²) in [4.78, 5) is 11.4. The van der Waals surface area contributed by atoms with E-state index in [2.05, 4.69) is 26.8 Å². The average Bonchev–Trinajstić information content (AvgIpc) is 2.92. The monoisotopic (exact) mass is 330 g/mol. The van der Waals surface area contributed by atoms with E-state index in [1.165, 1.54) is 44.8 Å². The summed E-state index contributed by atoms with van der Waals surface area (Å²) >= 11 is 0. The lowest BCUT2D eigenvalue weighted by atomic mass is 9.47. The topological polar surface area (TPSA) is 37.3 Å². The van der Waals surface area contributed by atoms with E-state index in [1.54, 1.807) is 5.57 Å². The van der Waals surface area contributed by atoms with Crippen LogP contribution < -0.4 is 0 Å². The molecule has 0 aromatic rings. The second-order valence-corrected chi connectivity index (χ2v) is 9.88. The van der Waals surface area contributed by atoms with Crippen molar-refractivity contribution in [1.29, 1.82) is 0 Å². The van der Waals surface area contributed by atoms with Crippen LogP contribution in [0.1, 0.15) is 72.1 Å². The van der Waals surface area contributed by atoms with Crippen LogP contribution in [0.15, 0.2) is 11.6 Å². The van der Waals surface area contributed by atoms with E-state index in [0.717, 1.165) is 30.6 Å². The molecule has 0 radical (unpaired) electrons. The van der Waals surface area contributed by atoms with Gasteiger partial charge in [-0.15, -0.1) is 0 Å². The van der Waals surface area contributed by atoms with Gasteiger partial charge in [0, 0.05) is 5.92 Å². The molecule has 0 spiro atoms. The molecule has 4 aliphatic rings. The van der Waals surface area contributed by atoms with Gasteiger partial charge in [-0.25, -0.2) is 0 Å². The maximum Gasteiger partial charge on any atom is 0.123 e. The Bertz CT molecular complexity index is 552. The predicted molar refractivity (Wildman–Crippen MR) is 96.4 cm³/mol. The highest BCUT2D eigenvalue weighted by atomic mass is 16.3. The number of aliphatic hydroxyl groups is 1. The Morgan fingerprint density at radius 2 is 1.96 bits per heavy atom. The molecule has 3 fully saturated rings. The first kappa shape index (κ1) is 16.8. The lowest BCUT2D eigenvalue weighted by Crippen LogP contribution is -2.50. The Balaban J connectivity index is 1.64. The Kier molecular flexibility index (Phi) is 3.99. The molecule has 2 nitrogen and oxygen atoms in total. The average molecular weight is 331 g/mol. The van der Waals surface area contributed by atoms with E-state index in [0.29, 0.717) is 16.7 Å². The maximum absolute atomic E-state index is 11.4. The second kappa shape index (κ2) is 5.69. The fourth-order valence-electron chi connectivity index (χ4n) is 7.64. The first-order valence-corrected chi connectivity index (χ1v) is 10.2. The quantitative estimate of drug-likeness (QED) is 0.585. The summed E-state index contributed by atoms with van der Waals surface area (Å²) in [5.74, 6) is 3.20. The third kappa shape index (κ3) is 2.21. The van der Waals surface area contributed by atoms with Crippen LogP contribution in [0.2, 0.25) is 0 Å². The van der Waals surface area contributed by atoms with Gasteiger partial charge in [0.2, 0.25) is 0 Å². The molecule has 4 rings (SSSR count). The number of hydrogen-bond acceptors (Lipinski definition) is 2. The zero-order valence-electron chi connectivity index (χ0n) is 15.6. The number of aldehydes is 1. The summed E-state index contributed by atoms with van der Waals surface area (Å²) < 4.78 is 0. The molecule has 2 heteroatoms. The number of rotatable bonds is 2. The minimum atomic E-state index is -0.112. The van der Waals surface area contributed by atoms with Crippen LogP contribution >= 0.6 is 0 Å². The third-order valence-corrected chi connectivity index (χ3v) is 9.00. The molecule has 0 saturated heterocycles. The Hall–Kier alpha value is -0.630. The second-order valence-electron chi connectivity index (χ2n) is 9.88. The maximum atomic E-state index is 11.4. The molecule has 1 N–H and O–H groups in total. The summed E-state index contributed by atoms with van der Waals surface area (Å²) in [6, 6.07) is 0. The number of carbonyl (C=O) groups excluding carboxylic acids is 1. The molecule has 0 amide bonds. The highest BCUT2D eigenvalue weighted by Crippen LogP contribution is 2.66. The van der Waals surface area contributed by atoms with Gasteiger partial charge in [-0.1, -0.05) is 32.4 Å². The van der Waals surface area contributed by atoms with Crippen molar-refractivity contribution in [2.24, 2.45) is 40.4 Å². The van der Waals surface area contributed by atoms with Crippen molar-refractivity contribution in [3.8, 4) is 0 Å². The van der Waals surface area contributed by atoms with Gasteiger partial charge in [0.25, 0.3) is 0 Å². The van der Waals surface area contributed by atoms with E-state index in [1.807, 2.05) is 0 Å². The van der Waals surface area contributed by atoms with E-state index >= 15 is 0 Å². The van der Waals surface area contributed by atoms with Crippen LogP contribution in [-0.4, -0.2) is 17.5 Å². The van der Waals surface area contributed by atoms with Gasteiger partial charge in [0.05, 0.1) is 6.10 Å². The van der Waals surface area contributed by atoms with E-state index in [9.17, 15) is 9.90 Å². The molecular weight excluding hydrogens is 296 g/mol. The minimum Gasteiger partial charge on any atom is -0.393 e. The van der Waals surface area contributed by atoms with Crippen LogP contribution in [0.4, 0.5) is 0 Å². The first-order valence-electron chi connectivity index (χ1n) is 10.2. The van der Waals surface area contributed by atoms with Crippen molar-refractivity contribution >= 4 is 6.29 Å². The zero-order chi connectivity index (χ0) is 17.1. The Labute approximate surface area is 147 Å². The SMILES string of the molecule is C[C@@H](C=O)[C@@H]1CC[C@@H]2[C@H]3CC=C4C[C@@H](O)CC[C@]4(C)[C@@H]3CC[C@@]21C. The number of hydrogen-bond donors (Lipinski definition) is 1. The molecule has 3 saturated carbocycles. The van der Waals surface area contributed by atoms with E-state index in [-0.39, 0.29) is 12.0 Å². The molecule has 0 unspecified atom stereocenters. The first-order chi connectivity index (χ1) is 11.4. The predicted octanol–water partition coefficient (Wildman–Crippen LogP) is 4.76. The smallest absolute Gasteiger partial charge is 0.123 e. The van der Waals surface area contributed by atoms with Gasteiger partial charge in [-0.05, 0) is 85.9 Å². The Morgan fingerprint density at radius 3 is 2.71 bits per heavy atom. The molecule has 24 heavy (non-hydrogen) atoms. The molecule has 8 atom stereocenters. The van der Waals surface area contributed by atoms with Gasteiger partial charge in [-0.3, -0.25) is 0 Å². The molecule has 0 heterocycles. The summed E-state index contributed by atoms with van der Waals surface area (Å²) in [6.07, 6.45) is 13.0. The summed E-state index contributed by atoms with van der Waals surface area (Å²) in [5, 5.41) is 10.1. The normalized spacial score (nSPS) is 51.8. The fraction of sp³-hybridized carbons (Fsp3) is 0.864. The zero-order valence-corrected chi connectivity index (χ0v) is 15.6. The molecule has 134 valence electrons. The van der Waals surface area contributed by atoms with Gasteiger partial charge < -0.3 is 9.90 Å². The molecule has 0 bridgehead atoms. The summed E-state index contributed by atoms with van der Waals surface area (Å²) in [5.41, 5.74) is 2.26. The van der Waals surface area contributed by atoms with Crippen LogP contribution in [0.3, 0.4) is 0 Å². The van der Waals surface area contributed by atoms with E-state index in [4.69, 9.17) is 0 Å². The molecule has 0 aliphatic heterocycles. The van der Waals surface area contributed by atoms with Crippen molar-refractivity contribution < 1.29 is 9.90 Å². The highest BCUT2D eigenvalue weighted by molar-refractivity contribution is 5.53. The van der Waals surface area contributed by atoms with Gasteiger partial charge >= 0.3 is 0 Å². The van der Waals surface area contributed by atoms with Crippen LogP contribution in [-0.2, 0) is 4.79 Å². The molecule has 0 aromatic carbocycles. The largest absolute Gasteiger partial charge is 0.393 e. The standard InChI is InChI=1S/C22H34O2/c1-14(13-23)18-6-7-19-17-5-4-15-12-16(24)8-10-21(15,2)20(17)9-11-22(18,19)3/h4,13-14,16-20,24H,5-12H2,1-3H3/t14-,16-,17+,18-,19+,20+,21-,22+/m0/s1. The van der Waals surface area contributed by atoms with Gasteiger partial charge in [0.15, 0.2) is 0 Å². The lowest BCUT2D eigenvalue weighted by Gasteiger charge is -2.58.